The molecule has 0 N–H and O–H groups in total. The number of hydrogen-bond donors (Lipinski definition) is 0. The summed E-state index contributed by atoms with van der Waals surface area (Å²) in [6.07, 6.45) is 0. The molecule has 2 aromatic rings. The lowest BCUT2D eigenvalue weighted by molar-refractivity contribution is -0.158. The van der Waals surface area contributed by atoms with Gasteiger partial charge in [0.2, 0.25) is 0 Å². The second-order valence-electron chi connectivity index (χ2n) is 6.61. The van der Waals surface area contributed by atoms with Crippen LogP contribution in [0, 0.1) is 13.8 Å². The maximum Gasteiger partial charge on any atom is 0.344 e. The molecule has 0 atom stereocenters. The molecule has 0 radical (unpaired) electrons. The number of carbonyl (C=O) groups excluding carboxylic acids is 2. The molecule has 0 amide bonds. The SMILES string of the molecule is Cc1nn(-c2ccc(C(=O)OCC(=O)OC(C)(C)C)cc2)c(C)c1Cl. The summed E-state index contributed by atoms with van der Waals surface area (Å²) in [7, 11) is 0. The number of aromatic nitrogens is 2. The van der Waals surface area contributed by atoms with Crippen LogP contribution >= 0.6 is 11.6 Å². The molecule has 6 nitrogen and oxygen atoms in total. The fourth-order valence-electron chi connectivity index (χ4n) is 2.19. The van der Waals surface area contributed by atoms with Gasteiger partial charge < -0.3 is 9.47 Å². The minimum atomic E-state index is -0.619. The number of halogens is 1. The number of rotatable bonds is 4. The monoisotopic (exact) mass is 364 g/mol. The van der Waals surface area contributed by atoms with Crippen LogP contribution in [0.25, 0.3) is 5.69 Å². The smallest absolute Gasteiger partial charge is 0.344 e. The van der Waals surface area contributed by atoms with Crippen molar-refractivity contribution in [1.29, 1.82) is 0 Å². The first-order valence-electron chi connectivity index (χ1n) is 7.79. The second kappa shape index (κ2) is 7.27. The zero-order chi connectivity index (χ0) is 18.8. The molecule has 7 heteroatoms. The molecule has 25 heavy (non-hydrogen) atoms. The summed E-state index contributed by atoms with van der Waals surface area (Å²) >= 11 is 6.15. The van der Waals surface area contributed by atoms with E-state index in [0.717, 1.165) is 17.1 Å². The summed E-state index contributed by atoms with van der Waals surface area (Å²) in [5.41, 5.74) is 2.04. The molecule has 0 saturated heterocycles. The van der Waals surface area contributed by atoms with Gasteiger partial charge in [-0.3, -0.25) is 0 Å². The molecule has 1 heterocycles. The number of hydrogen-bond acceptors (Lipinski definition) is 5. The second-order valence-corrected chi connectivity index (χ2v) is 6.98. The van der Waals surface area contributed by atoms with Gasteiger partial charge in [-0.25, -0.2) is 14.3 Å². The molecule has 2 rings (SSSR count). The van der Waals surface area contributed by atoms with Gasteiger partial charge in [-0.1, -0.05) is 11.6 Å². The summed E-state index contributed by atoms with van der Waals surface area (Å²) in [5, 5.41) is 4.97. The molecule has 0 bridgehead atoms. The highest BCUT2D eigenvalue weighted by Gasteiger charge is 2.18. The van der Waals surface area contributed by atoms with E-state index in [1.807, 2.05) is 13.8 Å². The Morgan fingerprint density at radius 2 is 1.76 bits per heavy atom. The van der Waals surface area contributed by atoms with E-state index in [-0.39, 0.29) is 0 Å². The quantitative estimate of drug-likeness (QED) is 0.774. The summed E-state index contributed by atoms with van der Waals surface area (Å²) in [6.45, 7) is 8.51. The van der Waals surface area contributed by atoms with Gasteiger partial charge >= 0.3 is 11.9 Å². The Kier molecular flexibility index (Phi) is 5.52. The average molecular weight is 365 g/mol. The standard InChI is InChI=1S/C18H21ClN2O4/c1-11-16(19)12(2)21(20-11)14-8-6-13(7-9-14)17(23)24-10-15(22)25-18(3,4)5/h6-9H,10H2,1-5H3. The zero-order valence-corrected chi connectivity index (χ0v) is 15.7. The molecule has 1 aromatic carbocycles. The predicted molar refractivity (Wildman–Crippen MR) is 94.2 cm³/mol. The molecular weight excluding hydrogens is 344 g/mol. The van der Waals surface area contributed by atoms with Gasteiger partial charge in [0.1, 0.15) is 5.60 Å². The van der Waals surface area contributed by atoms with Crippen molar-refractivity contribution >= 4 is 23.5 Å². The van der Waals surface area contributed by atoms with E-state index in [0.29, 0.717) is 10.6 Å². The number of benzene rings is 1. The van der Waals surface area contributed by atoms with Crippen molar-refractivity contribution in [2.24, 2.45) is 0 Å². The Morgan fingerprint density at radius 3 is 2.24 bits per heavy atom. The first-order valence-corrected chi connectivity index (χ1v) is 8.17. The van der Waals surface area contributed by atoms with Crippen molar-refractivity contribution in [1.82, 2.24) is 9.78 Å². The fraction of sp³-hybridized carbons (Fsp3) is 0.389. The highest BCUT2D eigenvalue weighted by atomic mass is 35.5. The normalized spacial score (nSPS) is 11.3. The zero-order valence-electron chi connectivity index (χ0n) is 14.9. The third kappa shape index (κ3) is 4.82. The summed E-state index contributed by atoms with van der Waals surface area (Å²) in [5.74, 6) is -1.18. The molecule has 0 unspecified atom stereocenters. The number of nitrogens with zero attached hydrogens (tertiary/aromatic N) is 2. The van der Waals surface area contributed by atoms with Gasteiger partial charge in [0.05, 0.1) is 27.7 Å². The van der Waals surface area contributed by atoms with Gasteiger partial charge in [0.15, 0.2) is 6.61 Å². The lowest BCUT2D eigenvalue weighted by Gasteiger charge is -2.19. The van der Waals surface area contributed by atoms with E-state index in [1.165, 1.54) is 0 Å². The average Bonchev–Trinajstić information content (AvgIpc) is 2.79. The Labute approximate surface area is 151 Å². The molecule has 0 fully saturated rings. The maximum atomic E-state index is 12.0. The van der Waals surface area contributed by atoms with Gasteiger partial charge in [-0.05, 0) is 58.9 Å². The number of carbonyl (C=O) groups is 2. The molecule has 1 aromatic heterocycles. The summed E-state index contributed by atoms with van der Waals surface area (Å²) in [6, 6.07) is 6.69. The highest BCUT2D eigenvalue weighted by molar-refractivity contribution is 6.31. The Hall–Kier alpha value is -2.34. The summed E-state index contributed by atoms with van der Waals surface area (Å²) < 4.78 is 11.8. The first-order chi connectivity index (χ1) is 11.6. The Morgan fingerprint density at radius 1 is 1.16 bits per heavy atom. The van der Waals surface area contributed by atoms with Crippen molar-refractivity contribution < 1.29 is 19.1 Å². The van der Waals surface area contributed by atoms with Crippen molar-refractivity contribution in [2.75, 3.05) is 6.61 Å². The fourth-order valence-corrected chi connectivity index (χ4v) is 2.31. The third-order valence-corrected chi connectivity index (χ3v) is 3.84. The molecule has 134 valence electrons. The number of esters is 2. The molecule has 0 aliphatic rings. The number of aryl methyl sites for hydroxylation is 1. The predicted octanol–water partition coefficient (Wildman–Crippen LogP) is 3.64. The Balaban J connectivity index is 2.03. The first kappa shape index (κ1) is 19.0. The van der Waals surface area contributed by atoms with Crippen LogP contribution < -0.4 is 0 Å². The van der Waals surface area contributed by atoms with Crippen LogP contribution in [0.4, 0.5) is 0 Å². The van der Waals surface area contributed by atoms with Crippen LogP contribution in [0.2, 0.25) is 5.02 Å². The van der Waals surface area contributed by atoms with E-state index in [1.54, 1.807) is 49.7 Å². The van der Waals surface area contributed by atoms with Crippen LogP contribution in [0.1, 0.15) is 42.5 Å². The van der Waals surface area contributed by atoms with Crippen molar-refractivity contribution in [3.63, 3.8) is 0 Å². The number of ether oxygens (including phenoxy) is 2. The van der Waals surface area contributed by atoms with E-state index in [9.17, 15) is 9.59 Å². The minimum absolute atomic E-state index is 0.333. The topological polar surface area (TPSA) is 70.4 Å². The van der Waals surface area contributed by atoms with E-state index < -0.39 is 24.1 Å². The van der Waals surface area contributed by atoms with Gasteiger partial charge in [0, 0.05) is 0 Å². The van der Waals surface area contributed by atoms with Crippen LogP contribution in [0.15, 0.2) is 24.3 Å². The third-order valence-electron chi connectivity index (χ3n) is 3.29. The van der Waals surface area contributed by atoms with Crippen molar-refractivity contribution in [3.8, 4) is 5.69 Å². The van der Waals surface area contributed by atoms with Crippen LogP contribution in [-0.4, -0.2) is 33.9 Å². The van der Waals surface area contributed by atoms with Crippen molar-refractivity contribution in [2.45, 2.75) is 40.2 Å². The molecule has 0 aliphatic heterocycles. The molecule has 0 aliphatic carbocycles. The van der Waals surface area contributed by atoms with E-state index in [4.69, 9.17) is 21.1 Å². The molecule has 0 spiro atoms. The lowest BCUT2D eigenvalue weighted by Crippen LogP contribution is -2.27. The lowest BCUT2D eigenvalue weighted by atomic mass is 10.2. The van der Waals surface area contributed by atoms with Crippen molar-refractivity contribution in [3.05, 3.63) is 46.2 Å². The van der Waals surface area contributed by atoms with E-state index in [2.05, 4.69) is 5.10 Å². The molecule has 0 saturated carbocycles. The maximum absolute atomic E-state index is 12.0. The molecular formula is C18H21ClN2O4. The largest absolute Gasteiger partial charge is 0.457 e. The van der Waals surface area contributed by atoms with Gasteiger partial charge in [-0.2, -0.15) is 5.10 Å². The van der Waals surface area contributed by atoms with Crippen LogP contribution in [0.5, 0.6) is 0 Å². The van der Waals surface area contributed by atoms with E-state index >= 15 is 0 Å². The minimum Gasteiger partial charge on any atom is -0.457 e. The Bertz CT molecular complexity index is 789. The highest BCUT2D eigenvalue weighted by Crippen LogP contribution is 2.22. The van der Waals surface area contributed by atoms with Gasteiger partial charge in [-0.15, -0.1) is 0 Å². The van der Waals surface area contributed by atoms with Gasteiger partial charge in [0.25, 0.3) is 0 Å². The summed E-state index contributed by atoms with van der Waals surface area (Å²) in [4.78, 5) is 23.6. The van der Waals surface area contributed by atoms with Crippen LogP contribution in [-0.2, 0) is 14.3 Å². The van der Waals surface area contributed by atoms with Crippen LogP contribution in [0.3, 0.4) is 0 Å².